The molecule has 0 bridgehead atoms. The van der Waals surface area contributed by atoms with Gasteiger partial charge in [0.2, 0.25) is 5.60 Å². The molecular weight excluding hydrogens is 398 g/mol. The summed E-state index contributed by atoms with van der Waals surface area (Å²) in [6.45, 7) is 6.32. The van der Waals surface area contributed by atoms with Crippen molar-refractivity contribution in [2.45, 2.75) is 45.1 Å². The molecule has 4 nitrogen and oxygen atoms in total. The summed E-state index contributed by atoms with van der Waals surface area (Å²) in [6.07, 6.45) is 3.63. The van der Waals surface area contributed by atoms with Gasteiger partial charge in [-0.1, -0.05) is 42.8 Å². The van der Waals surface area contributed by atoms with Gasteiger partial charge in [-0.25, -0.2) is 4.79 Å². The Morgan fingerprint density at radius 3 is 2.37 bits per heavy atom. The predicted molar refractivity (Wildman–Crippen MR) is 121 cm³/mol. The first-order valence-electron chi connectivity index (χ1n) is 10.8. The largest absolute Gasteiger partial charge is 0.476 e. The Bertz CT molecular complexity index is 821. The fourth-order valence-corrected chi connectivity index (χ4v) is 3.91. The lowest BCUT2D eigenvalue weighted by Crippen LogP contribution is -2.44. The monoisotopic (exact) mass is 429 g/mol. The number of carbonyl (C=O) groups is 1. The van der Waals surface area contributed by atoms with Gasteiger partial charge in [0.25, 0.3) is 0 Å². The van der Waals surface area contributed by atoms with Crippen molar-refractivity contribution in [3.63, 3.8) is 0 Å². The fourth-order valence-electron chi connectivity index (χ4n) is 3.79. The lowest BCUT2D eigenvalue weighted by molar-refractivity contribution is -0.163. The maximum atomic E-state index is 12.8. The summed E-state index contributed by atoms with van der Waals surface area (Å²) in [5.74, 6) is 0.790. The van der Waals surface area contributed by atoms with Crippen LogP contribution in [0.25, 0.3) is 0 Å². The molecule has 1 heterocycles. The van der Waals surface area contributed by atoms with Crippen molar-refractivity contribution in [2.75, 3.05) is 26.7 Å². The predicted octanol–water partition coefficient (Wildman–Crippen LogP) is 5.36. The second-order valence-electron chi connectivity index (χ2n) is 8.50. The number of rotatable bonds is 8. The van der Waals surface area contributed by atoms with Crippen LogP contribution in [0.5, 0.6) is 5.75 Å². The van der Waals surface area contributed by atoms with E-state index in [1.54, 1.807) is 0 Å². The van der Waals surface area contributed by atoms with E-state index >= 15 is 0 Å². The van der Waals surface area contributed by atoms with Gasteiger partial charge in [0.05, 0.1) is 6.61 Å². The molecule has 30 heavy (non-hydrogen) atoms. The van der Waals surface area contributed by atoms with E-state index in [2.05, 4.69) is 11.9 Å². The van der Waals surface area contributed by atoms with E-state index in [1.807, 2.05) is 62.4 Å². The highest BCUT2D eigenvalue weighted by Gasteiger charge is 2.36. The summed E-state index contributed by atoms with van der Waals surface area (Å²) in [4.78, 5) is 15.1. The van der Waals surface area contributed by atoms with Gasteiger partial charge in [0.15, 0.2) is 0 Å². The van der Waals surface area contributed by atoms with Crippen LogP contribution < -0.4 is 4.74 Å². The maximum absolute atomic E-state index is 12.8. The molecule has 5 heteroatoms. The number of piperidine rings is 1. The second-order valence-corrected chi connectivity index (χ2v) is 8.94. The van der Waals surface area contributed by atoms with E-state index in [0.717, 1.165) is 37.4 Å². The third-order valence-electron chi connectivity index (χ3n) is 5.87. The third-order valence-corrected chi connectivity index (χ3v) is 6.12. The number of ether oxygens (including phenoxy) is 2. The highest BCUT2D eigenvalue weighted by atomic mass is 35.5. The van der Waals surface area contributed by atoms with Crippen LogP contribution in [-0.2, 0) is 16.0 Å². The van der Waals surface area contributed by atoms with Crippen LogP contribution in [0.2, 0.25) is 5.02 Å². The fraction of sp³-hybridized carbons (Fsp3) is 0.480. The SMILES string of the molecule is CC[C@](C)(Oc1ccc(Cc2ccc(Cl)cc2)cc1)C(=O)OC[C@H]1CCCN(C)C1. The van der Waals surface area contributed by atoms with E-state index in [-0.39, 0.29) is 5.97 Å². The Balaban J connectivity index is 1.56. The molecule has 2 aromatic rings. The smallest absolute Gasteiger partial charge is 0.350 e. The van der Waals surface area contributed by atoms with Gasteiger partial charge in [-0.2, -0.15) is 0 Å². The molecule has 0 N–H and O–H groups in total. The minimum Gasteiger partial charge on any atom is -0.476 e. The van der Waals surface area contributed by atoms with E-state index < -0.39 is 5.60 Å². The summed E-state index contributed by atoms with van der Waals surface area (Å²) in [5.41, 5.74) is 1.38. The molecular formula is C25H32ClNO3. The number of esters is 1. The number of hydrogen-bond acceptors (Lipinski definition) is 4. The van der Waals surface area contributed by atoms with E-state index in [0.29, 0.717) is 24.7 Å². The molecule has 0 radical (unpaired) electrons. The third kappa shape index (κ3) is 6.23. The minimum atomic E-state index is -0.988. The summed E-state index contributed by atoms with van der Waals surface area (Å²) in [5, 5.41) is 0.740. The van der Waals surface area contributed by atoms with Crippen molar-refractivity contribution in [2.24, 2.45) is 5.92 Å². The lowest BCUT2D eigenvalue weighted by Gasteiger charge is -2.31. The zero-order valence-electron chi connectivity index (χ0n) is 18.2. The van der Waals surface area contributed by atoms with Crippen molar-refractivity contribution in [1.29, 1.82) is 0 Å². The van der Waals surface area contributed by atoms with Crippen molar-refractivity contribution in [1.82, 2.24) is 4.90 Å². The molecule has 0 aromatic heterocycles. The zero-order valence-corrected chi connectivity index (χ0v) is 19.0. The Morgan fingerprint density at radius 2 is 1.77 bits per heavy atom. The van der Waals surface area contributed by atoms with Gasteiger partial charge < -0.3 is 14.4 Å². The minimum absolute atomic E-state index is 0.288. The maximum Gasteiger partial charge on any atom is 0.350 e. The molecule has 0 saturated carbocycles. The summed E-state index contributed by atoms with van der Waals surface area (Å²) in [7, 11) is 2.11. The van der Waals surface area contributed by atoms with E-state index in [1.165, 1.54) is 11.1 Å². The first-order chi connectivity index (χ1) is 14.4. The van der Waals surface area contributed by atoms with Gasteiger partial charge in [-0.15, -0.1) is 0 Å². The van der Waals surface area contributed by atoms with Crippen molar-refractivity contribution < 1.29 is 14.3 Å². The second kappa shape index (κ2) is 10.3. The molecule has 0 aliphatic carbocycles. The number of carbonyl (C=O) groups excluding carboxylic acids is 1. The van der Waals surface area contributed by atoms with Crippen LogP contribution in [0.1, 0.15) is 44.2 Å². The van der Waals surface area contributed by atoms with Gasteiger partial charge in [-0.3, -0.25) is 0 Å². The van der Waals surface area contributed by atoms with E-state index in [9.17, 15) is 4.79 Å². The molecule has 1 saturated heterocycles. The molecule has 0 spiro atoms. The molecule has 1 aliphatic rings. The van der Waals surface area contributed by atoms with Crippen LogP contribution in [0.15, 0.2) is 48.5 Å². The Kier molecular flexibility index (Phi) is 7.79. The van der Waals surface area contributed by atoms with Gasteiger partial charge >= 0.3 is 5.97 Å². The van der Waals surface area contributed by atoms with Gasteiger partial charge in [0, 0.05) is 17.5 Å². The Labute approximate surface area is 185 Å². The summed E-state index contributed by atoms with van der Waals surface area (Å²) in [6, 6.07) is 15.8. The van der Waals surface area contributed by atoms with Crippen molar-refractivity contribution in [3.05, 3.63) is 64.7 Å². The van der Waals surface area contributed by atoms with Crippen LogP contribution >= 0.6 is 11.6 Å². The highest BCUT2D eigenvalue weighted by Crippen LogP contribution is 2.25. The number of likely N-dealkylation sites (tertiary alicyclic amines) is 1. The standard InChI is InChI=1S/C25H32ClNO3/c1-4-25(2,24(28)29-18-21-6-5-15-27(3)17-21)30-23-13-9-20(10-14-23)16-19-7-11-22(26)12-8-19/h7-14,21H,4-6,15-18H2,1-3H3/t21-,25-/m0/s1. The molecule has 0 amide bonds. The normalized spacial score (nSPS) is 19.1. The average molecular weight is 430 g/mol. The van der Waals surface area contributed by atoms with E-state index in [4.69, 9.17) is 21.1 Å². The highest BCUT2D eigenvalue weighted by molar-refractivity contribution is 6.30. The average Bonchev–Trinajstić information content (AvgIpc) is 2.75. The lowest BCUT2D eigenvalue weighted by atomic mass is 9.99. The van der Waals surface area contributed by atoms with Gasteiger partial charge in [0.1, 0.15) is 5.75 Å². The first kappa shape index (κ1) is 22.6. The number of hydrogen-bond donors (Lipinski definition) is 0. The Morgan fingerprint density at radius 1 is 1.13 bits per heavy atom. The van der Waals surface area contributed by atoms with Crippen molar-refractivity contribution >= 4 is 17.6 Å². The molecule has 1 aliphatic heterocycles. The number of benzene rings is 2. The van der Waals surface area contributed by atoms with Crippen LogP contribution in [-0.4, -0.2) is 43.2 Å². The molecule has 0 unspecified atom stereocenters. The van der Waals surface area contributed by atoms with Gasteiger partial charge in [-0.05, 0) is 81.6 Å². The van der Waals surface area contributed by atoms with Crippen LogP contribution in [0.3, 0.4) is 0 Å². The Hall–Kier alpha value is -2.04. The van der Waals surface area contributed by atoms with Crippen LogP contribution in [0, 0.1) is 5.92 Å². The summed E-state index contributed by atoms with van der Waals surface area (Å²) >= 11 is 5.95. The summed E-state index contributed by atoms with van der Waals surface area (Å²) < 4.78 is 11.8. The number of nitrogens with zero attached hydrogens (tertiary/aromatic N) is 1. The first-order valence-corrected chi connectivity index (χ1v) is 11.1. The molecule has 1 fully saturated rings. The quantitative estimate of drug-likeness (QED) is 0.529. The molecule has 162 valence electrons. The molecule has 3 rings (SSSR count). The van der Waals surface area contributed by atoms with Crippen molar-refractivity contribution in [3.8, 4) is 5.75 Å². The molecule has 2 aromatic carbocycles. The van der Waals surface area contributed by atoms with Crippen LogP contribution in [0.4, 0.5) is 0 Å². The number of halogens is 1. The molecule has 2 atom stereocenters. The zero-order chi connectivity index (χ0) is 21.6. The topological polar surface area (TPSA) is 38.8 Å².